The molecule has 0 heterocycles. The van der Waals surface area contributed by atoms with Crippen molar-refractivity contribution in [3.63, 3.8) is 0 Å². The van der Waals surface area contributed by atoms with Crippen LogP contribution in [0.4, 0.5) is 0 Å². The van der Waals surface area contributed by atoms with Crippen LogP contribution >= 0.6 is 0 Å². The Morgan fingerprint density at radius 1 is 0.615 bits per heavy atom. The van der Waals surface area contributed by atoms with Crippen molar-refractivity contribution < 1.29 is 56.5 Å². The number of benzene rings is 1. The van der Waals surface area contributed by atoms with Gasteiger partial charge in [0.05, 0.1) is 0 Å². The molecule has 1 aromatic rings. The molecule has 0 amide bonds. The third-order valence-corrected chi connectivity index (χ3v) is 5.37. The summed E-state index contributed by atoms with van der Waals surface area (Å²) in [4.78, 5) is 0. The summed E-state index contributed by atoms with van der Waals surface area (Å²) in [6, 6.07) is 10.9. The van der Waals surface area contributed by atoms with Crippen molar-refractivity contribution in [1.29, 1.82) is 0 Å². The van der Waals surface area contributed by atoms with E-state index in [0.717, 1.165) is 12.8 Å². The van der Waals surface area contributed by atoms with E-state index in [1.165, 1.54) is 95.5 Å². The Morgan fingerprint density at radius 2 is 1.00 bits per heavy atom. The van der Waals surface area contributed by atoms with Gasteiger partial charge in [0.1, 0.15) is 0 Å². The van der Waals surface area contributed by atoms with Crippen molar-refractivity contribution in [2.45, 2.75) is 103 Å². The molecule has 0 bridgehead atoms. The predicted molar refractivity (Wildman–Crippen MR) is 110 cm³/mol. The van der Waals surface area contributed by atoms with Crippen LogP contribution in [0.5, 0.6) is 0 Å². The molecule has 0 saturated heterocycles. The second-order valence-corrected chi connectivity index (χ2v) is 8.26. The number of unbranched alkanes of at least 4 members (excludes halogenated alkanes) is 13. The third-order valence-electron chi connectivity index (χ3n) is 4.94. The van der Waals surface area contributed by atoms with E-state index >= 15 is 0 Å². The van der Waals surface area contributed by atoms with E-state index in [-0.39, 0.29) is 56.0 Å². The van der Waals surface area contributed by atoms with E-state index in [1.807, 2.05) is 0 Å². The van der Waals surface area contributed by atoms with Gasteiger partial charge in [0.15, 0.2) is 0 Å². The molecule has 142 valence electrons. The van der Waals surface area contributed by atoms with Gasteiger partial charge in [-0.3, -0.25) is 0 Å². The molecule has 0 saturated carbocycles. The first-order chi connectivity index (χ1) is 12.3. The first kappa shape index (κ1) is 27.0. The third kappa shape index (κ3) is 18.4. The first-order valence-corrected chi connectivity index (χ1v) is 11.4. The Kier molecular flexibility index (Phi) is 21.6. The Bertz CT molecular complexity index is 421. The van der Waals surface area contributed by atoms with Gasteiger partial charge >= 0.3 is 147 Å². The Hall–Kier alpha value is 1.05. The molecule has 1 aromatic carbocycles. The molecule has 3 heteroatoms. The second-order valence-electron chi connectivity index (χ2n) is 7.31. The monoisotopic (exact) mass is 448 g/mol. The van der Waals surface area contributed by atoms with Crippen molar-refractivity contribution in [3.05, 3.63) is 35.9 Å². The fourth-order valence-electron chi connectivity index (χ4n) is 3.36. The van der Waals surface area contributed by atoms with Crippen LogP contribution in [0.2, 0.25) is 0 Å². The van der Waals surface area contributed by atoms with Crippen molar-refractivity contribution in [1.82, 2.24) is 0 Å². The summed E-state index contributed by atoms with van der Waals surface area (Å²) in [5, 5.41) is 10.8. The van der Waals surface area contributed by atoms with Crippen LogP contribution in [-0.4, -0.2) is 20.2 Å². The van der Waals surface area contributed by atoms with E-state index in [4.69, 9.17) is 0 Å². The number of hydrogen-bond donors (Lipinski definition) is 0. The summed E-state index contributed by atoms with van der Waals surface area (Å²) in [5.41, 5.74) is 1.49. The molecule has 0 aromatic heterocycles. The van der Waals surface area contributed by atoms with Crippen molar-refractivity contribution in [3.8, 4) is 0 Å². The minimum atomic E-state index is 0. The van der Waals surface area contributed by atoms with Crippen LogP contribution in [0.25, 0.3) is 0 Å². The molecule has 26 heavy (non-hydrogen) atoms. The molecule has 1 rings (SSSR count). The average Bonchev–Trinajstić information content (AvgIpc) is 2.62. The molecule has 0 aliphatic heterocycles. The van der Waals surface area contributed by atoms with Gasteiger partial charge in [-0.2, -0.15) is 0 Å². The molecule has 0 N–H and O–H groups in total. The van der Waals surface area contributed by atoms with Gasteiger partial charge in [-0.1, -0.05) is 49.6 Å². The summed E-state index contributed by atoms with van der Waals surface area (Å²) in [6.45, 7) is 0. The Morgan fingerprint density at radius 3 is 1.42 bits per heavy atom. The van der Waals surface area contributed by atoms with E-state index < -0.39 is 0 Å². The summed E-state index contributed by atoms with van der Waals surface area (Å²) in [7, 11) is 0. The molecule has 0 atom stereocenters. The smallest absolute Gasteiger partial charge is 0.0622 e. The van der Waals surface area contributed by atoms with E-state index in [2.05, 4.69) is 45.9 Å². The van der Waals surface area contributed by atoms with Crippen LogP contribution in [0.1, 0.15) is 102 Å². The van der Waals surface area contributed by atoms with Crippen LogP contribution in [-0.2, 0) is 6.42 Å². The molecule has 0 aliphatic rings. The predicted octanol–water partition coefficient (Wildman–Crippen LogP) is 2.74. The van der Waals surface area contributed by atoms with Gasteiger partial charge in [0.25, 0.3) is 0 Å². The molecule has 0 spiro atoms. The molecule has 0 aliphatic carbocycles. The van der Waals surface area contributed by atoms with E-state index in [0.29, 0.717) is 0 Å². The molecule has 1 nitrogen and oxygen atoms in total. The van der Waals surface area contributed by atoms with Gasteiger partial charge in [-0.05, 0) is 18.4 Å². The van der Waals surface area contributed by atoms with Gasteiger partial charge in [0, 0.05) is 0 Å². The van der Waals surface area contributed by atoms with Gasteiger partial charge in [-0.15, -0.1) is 0 Å². The fourth-order valence-corrected chi connectivity index (χ4v) is 3.67. The van der Waals surface area contributed by atoms with Crippen LogP contribution < -0.4 is 56.5 Å². The number of rotatable bonds is 17. The van der Waals surface area contributed by atoms with Crippen molar-refractivity contribution in [2.75, 3.05) is 0 Å². The summed E-state index contributed by atoms with van der Waals surface area (Å²) < 4.78 is 0.219. The Balaban J connectivity index is 0.00000625. The molecular weight excluding hydrogens is 410 g/mol. The molecule has 0 unspecified atom stereocenters. The zero-order valence-corrected chi connectivity index (χ0v) is 21.9. The van der Waals surface area contributed by atoms with Crippen molar-refractivity contribution >= 4 is 20.2 Å². The number of aryl methyl sites for hydroxylation is 1. The average molecular weight is 448 g/mol. The topological polar surface area (TPSA) is 23.1 Å². The maximum atomic E-state index is 10.8. The minimum Gasteiger partial charge on any atom is -0.0622 e. The van der Waals surface area contributed by atoms with Gasteiger partial charge in [-0.25, -0.2) is 0 Å². The van der Waals surface area contributed by atoms with E-state index in [9.17, 15) is 5.11 Å². The molecule has 0 fully saturated rings. The van der Waals surface area contributed by atoms with Crippen molar-refractivity contribution in [2.24, 2.45) is 0 Å². The van der Waals surface area contributed by atoms with Crippen LogP contribution in [0.3, 0.4) is 0 Å². The maximum absolute atomic E-state index is 10.8. The molecule has 0 radical (unpaired) electrons. The SMILES string of the molecule is [K+].[O-]C(=[Se])CCCCCCCCCCCCCCCCc1ccccc1. The zero-order valence-electron chi connectivity index (χ0n) is 17.0. The number of hydrogen-bond acceptors (Lipinski definition) is 1. The summed E-state index contributed by atoms with van der Waals surface area (Å²) >= 11 is 2.56. The summed E-state index contributed by atoms with van der Waals surface area (Å²) in [5.74, 6) is 0. The standard InChI is InChI=1S/C23H38OSe.K/c24-23(25)21-17-12-10-8-6-4-2-1-3-5-7-9-11-14-18-22-19-15-13-16-20-22;/h13,15-16,19-20H,1-12,14,17-18,21H2,(H,24,25);/q;+1/p-1. The zero-order chi connectivity index (χ0) is 18.0. The van der Waals surface area contributed by atoms with Gasteiger partial charge < -0.3 is 0 Å². The minimum absolute atomic E-state index is 0. The normalized spacial score (nSPS) is 10.5. The first-order valence-electron chi connectivity index (χ1n) is 10.5. The van der Waals surface area contributed by atoms with Gasteiger partial charge in [0.2, 0.25) is 0 Å². The molecular formula is C23H37KOSe. The summed E-state index contributed by atoms with van der Waals surface area (Å²) in [6.07, 6.45) is 20.9. The Labute approximate surface area is 212 Å². The van der Waals surface area contributed by atoms with Crippen LogP contribution in [0.15, 0.2) is 30.3 Å². The van der Waals surface area contributed by atoms with Crippen LogP contribution in [0, 0.1) is 0 Å². The quantitative estimate of drug-likeness (QED) is 0.266. The fraction of sp³-hybridized carbons (Fsp3) is 0.696. The van der Waals surface area contributed by atoms with E-state index in [1.54, 1.807) is 0 Å². The second kappa shape index (κ2) is 20.8.